The summed E-state index contributed by atoms with van der Waals surface area (Å²) >= 11 is 7.44. The van der Waals surface area contributed by atoms with E-state index in [1.807, 2.05) is 12.1 Å². The van der Waals surface area contributed by atoms with Gasteiger partial charge in [-0.3, -0.25) is 4.79 Å². The van der Waals surface area contributed by atoms with Crippen molar-refractivity contribution < 1.29 is 19.1 Å². The lowest BCUT2D eigenvalue weighted by Crippen LogP contribution is -2.12. The number of unbranched alkanes of at least 4 members (excludes halogenated alkanes) is 5. The van der Waals surface area contributed by atoms with Gasteiger partial charge in [0.15, 0.2) is 17.3 Å². The van der Waals surface area contributed by atoms with Gasteiger partial charge in [-0.2, -0.15) is 0 Å². The Kier molecular flexibility index (Phi) is 9.44. The van der Waals surface area contributed by atoms with Crippen LogP contribution in [0.3, 0.4) is 0 Å². The van der Waals surface area contributed by atoms with E-state index in [4.69, 9.17) is 16.3 Å². The van der Waals surface area contributed by atoms with Crippen LogP contribution in [-0.2, 0) is 11.2 Å². The van der Waals surface area contributed by atoms with Crippen molar-refractivity contribution in [2.45, 2.75) is 51.9 Å². The Labute approximate surface area is 175 Å². The number of carbonyl (C=O) groups is 2. The molecule has 0 bridgehead atoms. The van der Waals surface area contributed by atoms with Gasteiger partial charge >= 0.3 is 5.97 Å². The Morgan fingerprint density at radius 3 is 2.61 bits per heavy atom. The van der Waals surface area contributed by atoms with E-state index in [-0.39, 0.29) is 23.1 Å². The topological polar surface area (TPSA) is 65.5 Å². The lowest BCUT2D eigenvalue weighted by molar-refractivity contribution is 0.0595. The number of methoxy groups -OCH3 is 1. The van der Waals surface area contributed by atoms with Crippen molar-refractivity contribution in [1.82, 2.24) is 4.98 Å². The summed E-state index contributed by atoms with van der Waals surface area (Å²) < 4.78 is 10.1. The predicted molar refractivity (Wildman–Crippen MR) is 112 cm³/mol. The first kappa shape index (κ1) is 22.4. The zero-order valence-electron chi connectivity index (χ0n) is 16.3. The number of benzene rings is 1. The number of aromatic nitrogens is 1. The molecule has 2 aromatic rings. The van der Waals surface area contributed by atoms with Gasteiger partial charge < -0.3 is 9.47 Å². The van der Waals surface area contributed by atoms with Crippen molar-refractivity contribution in [2.75, 3.05) is 13.7 Å². The molecule has 5 nitrogen and oxygen atoms in total. The molecule has 0 N–H and O–H groups in total. The molecule has 1 heterocycles. The first-order valence-corrected chi connectivity index (χ1v) is 10.8. The molecule has 0 unspecified atom stereocenters. The standard InChI is InChI=1S/C21H26ClNO4S/c1-3-4-5-6-7-8-9-15-10-11-16(12-17(15)22)27-13-19(24)20-23-18(14-28-20)21(25)26-2/h10-12,14H,3-9,13H2,1-2H3. The van der Waals surface area contributed by atoms with Gasteiger partial charge in [-0.05, 0) is 30.5 Å². The van der Waals surface area contributed by atoms with Crippen LogP contribution in [-0.4, -0.2) is 30.5 Å². The van der Waals surface area contributed by atoms with Gasteiger partial charge in [-0.15, -0.1) is 11.3 Å². The Hall–Kier alpha value is -1.92. The maximum atomic E-state index is 12.2. The van der Waals surface area contributed by atoms with Crippen molar-refractivity contribution in [3.63, 3.8) is 0 Å². The first-order valence-electron chi connectivity index (χ1n) is 9.53. The molecule has 152 valence electrons. The van der Waals surface area contributed by atoms with Crippen LogP contribution in [0.4, 0.5) is 0 Å². The van der Waals surface area contributed by atoms with E-state index in [1.165, 1.54) is 44.6 Å². The summed E-state index contributed by atoms with van der Waals surface area (Å²) in [6.07, 6.45) is 8.40. The van der Waals surface area contributed by atoms with Gasteiger partial charge in [0.25, 0.3) is 0 Å². The summed E-state index contributed by atoms with van der Waals surface area (Å²) in [7, 11) is 1.27. The minimum Gasteiger partial charge on any atom is -0.485 e. The van der Waals surface area contributed by atoms with E-state index in [1.54, 1.807) is 6.07 Å². The number of hydrogen-bond acceptors (Lipinski definition) is 6. The van der Waals surface area contributed by atoms with Gasteiger partial charge in [0, 0.05) is 10.4 Å². The Morgan fingerprint density at radius 1 is 1.14 bits per heavy atom. The molecule has 7 heteroatoms. The van der Waals surface area contributed by atoms with Crippen molar-refractivity contribution in [2.24, 2.45) is 0 Å². The van der Waals surface area contributed by atoms with Gasteiger partial charge in [-0.25, -0.2) is 9.78 Å². The van der Waals surface area contributed by atoms with Crippen LogP contribution >= 0.6 is 22.9 Å². The summed E-state index contributed by atoms with van der Waals surface area (Å²) in [4.78, 5) is 27.6. The quantitative estimate of drug-likeness (QED) is 0.247. The molecule has 28 heavy (non-hydrogen) atoms. The highest BCUT2D eigenvalue weighted by molar-refractivity contribution is 7.12. The fourth-order valence-corrected chi connectivity index (χ4v) is 3.71. The first-order chi connectivity index (χ1) is 13.5. The van der Waals surface area contributed by atoms with Crippen LogP contribution in [0, 0.1) is 0 Å². The van der Waals surface area contributed by atoms with Crippen LogP contribution in [0.2, 0.25) is 5.02 Å². The SMILES string of the molecule is CCCCCCCCc1ccc(OCC(=O)c2nc(C(=O)OC)cs2)cc1Cl. The molecular formula is C21H26ClNO4S. The minimum atomic E-state index is -0.566. The summed E-state index contributed by atoms with van der Waals surface area (Å²) in [5.74, 6) is -0.328. The molecule has 0 amide bonds. The number of rotatable bonds is 12. The number of ketones is 1. The lowest BCUT2D eigenvalue weighted by Gasteiger charge is -2.08. The van der Waals surface area contributed by atoms with Gasteiger partial charge in [0.05, 0.1) is 7.11 Å². The molecule has 0 saturated carbocycles. The van der Waals surface area contributed by atoms with E-state index in [0.717, 1.165) is 29.7 Å². The van der Waals surface area contributed by atoms with Crippen LogP contribution in [0.25, 0.3) is 0 Å². The molecule has 0 fully saturated rings. The van der Waals surface area contributed by atoms with E-state index in [0.29, 0.717) is 10.8 Å². The molecule has 0 aliphatic rings. The molecule has 0 spiro atoms. The Balaban J connectivity index is 1.81. The fourth-order valence-electron chi connectivity index (χ4n) is 2.73. The molecule has 0 aliphatic carbocycles. The van der Waals surface area contributed by atoms with E-state index in [9.17, 15) is 9.59 Å². The highest BCUT2D eigenvalue weighted by Crippen LogP contribution is 2.25. The van der Waals surface area contributed by atoms with Crippen molar-refractivity contribution >= 4 is 34.7 Å². The zero-order valence-corrected chi connectivity index (χ0v) is 17.9. The second kappa shape index (κ2) is 11.8. The number of thiazole rings is 1. The molecular weight excluding hydrogens is 398 g/mol. The highest BCUT2D eigenvalue weighted by atomic mass is 35.5. The third-order valence-corrected chi connectivity index (χ3v) is 5.57. The minimum absolute atomic E-state index is 0.123. The third-order valence-electron chi connectivity index (χ3n) is 4.33. The third kappa shape index (κ3) is 6.91. The molecule has 0 radical (unpaired) electrons. The summed E-state index contributed by atoms with van der Waals surface area (Å²) in [6, 6.07) is 5.52. The van der Waals surface area contributed by atoms with E-state index in [2.05, 4.69) is 16.6 Å². The van der Waals surface area contributed by atoms with Crippen molar-refractivity contribution in [3.05, 3.63) is 44.9 Å². The van der Waals surface area contributed by atoms with Crippen LogP contribution in [0.5, 0.6) is 5.75 Å². The molecule has 2 rings (SSSR count). The number of ether oxygens (including phenoxy) is 2. The van der Waals surface area contributed by atoms with Crippen LogP contribution in [0.15, 0.2) is 23.6 Å². The number of nitrogens with zero attached hydrogens (tertiary/aromatic N) is 1. The van der Waals surface area contributed by atoms with Gasteiger partial charge in [-0.1, -0.05) is 56.7 Å². The lowest BCUT2D eigenvalue weighted by atomic mass is 10.0. The largest absolute Gasteiger partial charge is 0.485 e. The molecule has 0 aliphatic heterocycles. The molecule has 0 atom stereocenters. The van der Waals surface area contributed by atoms with Gasteiger partial charge in [0.2, 0.25) is 5.78 Å². The van der Waals surface area contributed by atoms with E-state index >= 15 is 0 Å². The maximum Gasteiger partial charge on any atom is 0.357 e. The summed E-state index contributed by atoms with van der Waals surface area (Å²) in [5.41, 5.74) is 1.22. The molecule has 0 saturated heterocycles. The Bertz CT molecular complexity index is 790. The van der Waals surface area contributed by atoms with Crippen LogP contribution < -0.4 is 4.74 Å². The van der Waals surface area contributed by atoms with Crippen molar-refractivity contribution in [3.8, 4) is 5.75 Å². The normalized spacial score (nSPS) is 10.7. The predicted octanol–water partition coefficient (Wildman–Crippen LogP) is 5.75. The number of halogens is 1. The number of aryl methyl sites for hydroxylation is 1. The number of esters is 1. The zero-order chi connectivity index (χ0) is 20.4. The summed E-state index contributed by atoms with van der Waals surface area (Å²) in [5, 5.41) is 2.36. The van der Waals surface area contributed by atoms with E-state index < -0.39 is 5.97 Å². The smallest absolute Gasteiger partial charge is 0.357 e. The average molecular weight is 424 g/mol. The average Bonchev–Trinajstić information content (AvgIpc) is 3.19. The number of hydrogen-bond donors (Lipinski definition) is 0. The highest BCUT2D eigenvalue weighted by Gasteiger charge is 2.16. The van der Waals surface area contributed by atoms with Gasteiger partial charge in [0.1, 0.15) is 5.75 Å². The molecule has 1 aromatic heterocycles. The number of carbonyl (C=O) groups excluding carboxylic acids is 2. The second-order valence-electron chi connectivity index (χ2n) is 6.51. The van der Waals surface area contributed by atoms with Crippen LogP contribution in [0.1, 0.15) is 71.3 Å². The maximum absolute atomic E-state index is 12.2. The second-order valence-corrected chi connectivity index (χ2v) is 7.78. The molecule has 1 aromatic carbocycles. The fraction of sp³-hybridized carbons (Fsp3) is 0.476. The number of Topliss-reactive ketones (excluding diaryl/α,β-unsaturated/α-hetero) is 1. The Morgan fingerprint density at radius 2 is 1.89 bits per heavy atom. The monoisotopic (exact) mass is 423 g/mol. The van der Waals surface area contributed by atoms with Crippen molar-refractivity contribution in [1.29, 1.82) is 0 Å². The summed E-state index contributed by atoms with van der Waals surface area (Å²) in [6.45, 7) is 2.05.